The molecule has 3 aromatic rings. The number of halogens is 1. The minimum atomic E-state index is 0. The Morgan fingerprint density at radius 1 is 1.26 bits per heavy atom. The third-order valence-corrected chi connectivity index (χ3v) is 5.25. The van der Waals surface area contributed by atoms with Crippen molar-refractivity contribution in [2.45, 2.75) is 26.3 Å². The number of benzene rings is 2. The van der Waals surface area contributed by atoms with Gasteiger partial charge in [-0.05, 0) is 55.2 Å². The number of nitrogen functional groups attached to an aromatic ring is 1. The summed E-state index contributed by atoms with van der Waals surface area (Å²) >= 11 is 1.77. The van der Waals surface area contributed by atoms with E-state index in [9.17, 15) is 0 Å². The van der Waals surface area contributed by atoms with E-state index in [4.69, 9.17) is 5.73 Å². The lowest BCUT2D eigenvalue weighted by Gasteiger charge is -2.32. The van der Waals surface area contributed by atoms with Crippen molar-refractivity contribution in [2.75, 3.05) is 17.2 Å². The molecule has 0 unspecified atom stereocenters. The Hall–Kier alpha value is -1.78. The lowest BCUT2D eigenvalue weighted by molar-refractivity contribution is 0.693. The molecule has 0 atom stereocenters. The van der Waals surface area contributed by atoms with Crippen LogP contribution in [0.4, 0.5) is 11.4 Å². The van der Waals surface area contributed by atoms with Crippen LogP contribution in [0.5, 0.6) is 0 Å². The van der Waals surface area contributed by atoms with Crippen molar-refractivity contribution < 1.29 is 0 Å². The smallest absolute Gasteiger partial charge is 0.0907 e. The molecule has 3 nitrogen and oxygen atoms in total. The topological polar surface area (TPSA) is 42.2 Å². The second-order valence-electron chi connectivity index (χ2n) is 5.90. The minimum Gasteiger partial charge on any atom is -0.398 e. The maximum Gasteiger partial charge on any atom is 0.0907 e. The molecule has 23 heavy (non-hydrogen) atoms. The quantitative estimate of drug-likeness (QED) is 0.692. The SMILES string of the molecule is Cc1nc2ccc(CN3CCCc4c(N)cccc43)cc2s1.Cl. The predicted molar refractivity (Wildman–Crippen MR) is 102 cm³/mol. The standard InChI is InChI=1S/C18H19N3S.ClH/c1-12-20-16-8-7-13(10-18(16)22-12)11-21-9-3-4-14-15(19)5-2-6-17(14)21;/h2,5-8,10H,3-4,9,11,19H2,1H3;1H. The average Bonchev–Trinajstić information content (AvgIpc) is 2.88. The highest BCUT2D eigenvalue weighted by molar-refractivity contribution is 7.18. The van der Waals surface area contributed by atoms with Gasteiger partial charge in [-0.2, -0.15) is 0 Å². The van der Waals surface area contributed by atoms with Gasteiger partial charge in [-0.25, -0.2) is 4.98 Å². The summed E-state index contributed by atoms with van der Waals surface area (Å²) in [5, 5.41) is 1.13. The summed E-state index contributed by atoms with van der Waals surface area (Å²) in [7, 11) is 0. The molecule has 120 valence electrons. The summed E-state index contributed by atoms with van der Waals surface area (Å²) in [6, 6.07) is 12.9. The first-order valence-corrected chi connectivity index (χ1v) is 8.51. The fraction of sp³-hybridized carbons (Fsp3) is 0.278. The van der Waals surface area contributed by atoms with Crippen LogP contribution in [0.3, 0.4) is 0 Å². The summed E-state index contributed by atoms with van der Waals surface area (Å²) in [5.41, 5.74) is 12.1. The highest BCUT2D eigenvalue weighted by Crippen LogP contribution is 2.32. The van der Waals surface area contributed by atoms with Crippen molar-refractivity contribution >= 4 is 45.3 Å². The summed E-state index contributed by atoms with van der Waals surface area (Å²) < 4.78 is 1.28. The summed E-state index contributed by atoms with van der Waals surface area (Å²) in [4.78, 5) is 6.99. The molecule has 0 amide bonds. The van der Waals surface area contributed by atoms with E-state index in [2.05, 4.69) is 47.1 Å². The zero-order chi connectivity index (χ0) is 15.1. The van der Waals surface area contributed by atoms with Crippen LogP contribution in [0.2, 0.25) is 0 Å². The number of nitrogens with two attached hydrogens (primary N) is 1. The monoisotopic (exact) mass is 345 g/mol. The number of rotatable bonds is 2. The molecule has 1 aliphatic rings. The van der Waals surface area contributed by atoms with Gasteiger partial charge in [0.1, 0.15) is 0 Å². The van der Waals surface area contributed by atoms with Gasteiger partial charge in [-0.1, -0.05) is 12.1 Å². The van der Waals surface area contributed by atoms with E-state index in [1.165, 1.54) is 27.9 Å². The fourth-order valence-electron chi connectivity index (χ4n) is 3.30. The Kier molecular flexibility index (Phi) is 4.46. The summed E-state index contributed by atoms with van der Waals surface area (Å²) in [5.74, 6) is 0. The van der Waals surface area contributed by atoms with Crippen molar-refractivity contribution in [3.05, 3.63) is 52.5 Å². The van der Waals surface area contributed by atoms with Gasteiger partial charge >= 0.3 is 0 Å². The zero-order valence-corrected chi connectivity index (χ0v) is 14.7. The molecule has 0 saturated heterocycles. The molecule has 2 aromatic carbocycles. The summed E-state index contributed by atoms with van der Waals surface area (Å²) in [6.45, 7) is 4.09. The van der Waals surface area contributed by atoms with Gasteiger partial charge in [0, 0.05) is 24.5 Å². The molecule has 4 rings (SSSR count). The highest BCUT2D eigenvalue weighted by atomic mass is 35.5. The number of aryl methyl sites for hydroxylation is 1. The number of thiazole rings is 1. The molecule has 1 aliphatic heterocycles. The molecule has 0 fully saturated rings. The van der Waals surface area contributed by atoms with Crippen LogP contribution in [-0.4, -0.2) is 11.5 Å². The molecule has 2 heterocycles. The van der Waals surface area contributed by atoms with E-state index in [1.807, 2.05) is 6.07 Å². The molecular formula is C18H20ClN3S. The third-order valence-electron chi connectivity index (χ3n) is 4.32. The van der Waals surface area contributed by atoms with E-state index in [-0.39, 0.29) is 12.4 Å². The Labute approximate surface area is 146 Å². The van der Waals surface area contributed by atoms with Crippen molar-refractivity contribution in [1.29, 1.82) is 0 Å². The number of nitrogens with zero attached hydrogens (tertiary/aromatic N) is 2. The van der Waals surface area contributed by atoms with Gasteiger partial charge in [-0.15, -0.1) is 23.7 Å². The van der Waals surface area contributed by atoms with E-state index < -0.39 is 0 Å². The molecule has 1 aromatic heterocycles. The second kappa shape index (κ2) is 6.38. The lowest BCUT2D eigenvalue weighted by atomic mass is 9.99. The Morgan fingerprint density at radius 2 is 2.13 bits per heavy atom. The van der Waals surface area contributed by atoms with Crippen molar-refractivity contribution in [1.82, 2.24) is 4.98 Å². The van der Waals surface area contributed by atoms with Crippen molar-refractivity contribution in [2.24, 2.45) is 0 Å². The number of hydrogen-bond donors (Lipinski definition) is 1. The van der Waals surface area contributed by atoms with Gasteiger partial charge in [-0.3, -0.25) is 0 Å². The number of hydrogen-bond acceptors (Lipinski definition) is 4. The van der Waals surface area contributed by atoms with E-state index in [0.29, 0.717) is 0 Å². The first-order valence-electron chi connectivity index (χ1n) is 7.69. The number of aromatic nitrogens is 1. The summed E-state index contributed by atoms with van der Waals surface area (Å²) in [6.07, 6.45) is 2.26. The van der Waals surface area contributed by atoms with Gasteiger partial charge in [0.2, 0.25) is 0 Å². The van der Waals surface area contributed by atoms with Crippen molar-refractivity contribution in [3.8, 4) is 0 Å². The van der Waals surface area contributed by atoms with Crippen LogP contribution in [0, 0.1) is 6.92 Å². The average molecular weight is 346 g/mol. The van der Waals surface area contributed by atoms with Gasteiger partial charge in [0.25, 0.3) is 0 Å². The van der Waals surface area contributed by atoms with Gasteiger partial charge in [0.05, 0.1) is 15.2 Å². The molecule has 0 bridgehead atoms. The minimum absolute atomic E-state index is 0. The largest absolute Gasteiger partial charge is 0.398 e. The van der Waals surface area contributed by atoms with E-state index in [1.54, 1.807) is 11.3 Å². The second-order valence-corrected chi connectivity index (χ2v) is 7.14. The molecule has 0 spiro atoms. The fourth-order valence-corrected chi connectivity index (χ4v) is 4.19. The van der Waals surface area contributed by atoms with Crippen LogP contribution in [0.15, 0.2) is 36.4 Å². The first kappa shape index (κ1) is 16.1. The van der Waals surface area contributed by atoms with Crippen LogP contribution >= 0.6 is 23.7 Å². The molecule has 0 saturated carbocycles. The Morgan fingerprint density at radius 3 is 3.00 bits per heavy atom. The van der Waals surface area contributed by atoms with Gasteiger partial charge in [0.15, 0.2) is 0 Å². The molecule has 2 N–H and O–H groups in total. The van der Waals surface area contributed by atoms with Crippen LogP contribution in [-0.2, 0) is 13.0 Å². The van der Waals surface area contributed by atoms with Crippen LogP contribution < -0.4 is 10.6 Å². The Balaban J connectivity index is 0.00000156. The molecule has 0 aliphatic carbocycles. The highest BCUT2D eigenvalue weighted by Gasteiger charge is 2.18. The van der Waals surface area contributed by atoms with Crippen LogP contribution in [0.1, 0.15) is 22.6 Å². The molecular weight excluding hydrogens is 326 g/mol. The number of anilines is 2. The van der Waals surface area contributed by atoms with Crippen LogP contribution in [0.25, 0.3) is 10.2 Å². The maximum atomic E-state index is 6.14. The first-order chi connectivity index (χ1) is 10.7. The van der Waals surface area contributed by atoms with E-state index >= 15 is 0 Å². The van der Waals surface area contributed by atoms with E-state index in [0.717, 1.165) is 35.7 Å². The molecule has 0 radical (unpaired) electrons. The predicted octanol–water partition coefficient (Wildman–Crippen LogP) is 4.56. The number of fused-ring (bicyclic) bond motifs is 2. The maximum absolute atomic E-state index is 6.14. The van der Waals surface area contributed by atoms with Crippen molar-refractivity contribution in [3.63, 3.8) is 0 Å². The Bertz CT molecular complexity index is 843. The lowest BCUT2D eigenvalue weighted by Crippen LogP contribution is -2.29. The third kappa shape index (κ3) is 3.01. The zero-order valence-electron chi connectivity index (χ0n) is 13.1. The normalized spacial score (nSPS) is 13.7. The molecule has 5 heteroatoms. The van der Waals surface area contributed by atoms with Gasteiger partial charge < -0.3 is 10.6 Å².